The minimum atomic E-state index is -0.211. The predicted molar refractivity (Wildman–Crippen MR) is 81.3 cm³/mol. The molecule has 1 unspecified atom stereocenters. The molecule has 118 valence electrons. The first-order valence-electron chi connectivity index (χ1n) is 6.87. The summed E-state index contributed by atoms with van der Waals surface area (Å²) in [4.78, 5) is 12.2. The fourth-order valence-electron chi connectivity index (χ4n) is 2.00. The molecule has 0 radical (unpaired) electrons. The fraction of sp³-hybridized carbons (Fsp3) is 0.533. The molecule has 0 heterocycles. The van der Waals surface area contributed by atoms with E-state index in [0.29, 0.717) is 29.4 Å². The van der Waals surface area contributed by atoms with E-state index in [1.165, 1.54) is 21.3 Å². The molecule has 6 nitrogen and oxygen atoms in total. The van der Waals surface area contributed by atoms with Gasteiger partial charge in [-0.25, -0.2) is 0 Å². The molecule has 3 N–H and O–H groups in total. The van der Waals surface area contributed by atoms with Gasteiger partial charge < -0.3 is 25.3 Å². The zero-order valence-corrected chi connectivity index (χ0v) is 13.1. The maximum absolute atomic E-state index is 12.2. The number of methoxy groups -OCH3 is 3. The lowest BCUT2D eigenvalue weighted by Crippen LogP contribution is -2.26. The number of carbonyl (C=O) groups is 1. The highest BCUT2D eigenvalue weighted by Crippen LogP contribution is 2.39. The van der Waals surface area contributed by atoms with Crippen molar-refractivity contribution in [3.63, 3.8) is 0 Å². The van der Waals surface area contributed by atoms with E-state index in [-0.39, 0.29) is 11.9 Å². The molecule has 0 aliphatic rings. The van der Waals surface area contributed by atoms with Crippen LogP contribution in [-0.2, 0) is 0 Å². The molecule has 0 saturated carbocycles. The molecule has 1 aromatic rings. The largest absolute Gasteiger partial charge is 0.493 e. The molecule has 0 spiro atoms. The predicted octanol–water partition coefficient (Wildman–Crippen LogP) is 1.57. The fourth-order valence-corrected chi connectivity index (χ4v) is 2.00. The summed E-state index contributed by atoms with van der Waals surface area (Å²) in [5.74, 6) is 1.07. The van der Waals surface area contributed by atoms with E-state index in [1.54, 1.807) is 12.1 Å². The molecule has 0 bridgehead atoms. The van der Waals surface area contributed by atoms with Crippen molar-refractivity contribution in [1.29, 1.82) is 0 Å². The quantitative estimate of drug-likeness (QED) is 0.712. The van der Waals surface area contributed by atoms with Gasteiger partial charge in [0.1, 0.15) is 0 Å². The Morgan fingerprint density at radius 2 is 1.86 bits per heavy atom. The Bertz CT molecular complexity index is 475. The normalized spacial score (nSPS) is 11.7. The third-order valence-electron chi connectivity index (χ3n) is 3.07. The minimum absolute atomic E-state index is 0.137. The van der Waals surface area contributed by atoms with Crippen LogP contribution < -0.4 is 25.3 Å². The highest BCUT2D eigenvalue weighted by Gasteiger charge is 2.20. The van der Waals surface area contributed by atoms with Crippen molar-refractivity contribution in [1.82, 2.24) is 5.32 Å². The topological polar surface area (TPSA) is 82.8 Å². The number of hydrogen-bond acceptors (Lipinski definition) is 5. The van der Waals surface area contributed by atoms with Gasteiger partial charge in [-0.15, -0.1) is 0 Å². The first-order chi connectivity index (χ1) is 10.0. The van der Waals surface area contributed by atoms with Gasteiger partial charge in [-0.2, -0.15) is 0 Å². The van der Waals surface area contributed by atoms with Gasteiger partial charge in [-0.1, -0.05) is 0 Å². The van der Waals surface area contributed by atoms with E-state index >= 15 is 0 Å². The minimum Gasteiger partial charge on any atom is -0.493 e. The van der Waals surface area contributed by atoms with Gasteiger partial charge in [0.2, 0.25) is 5.75 Å². The molecule has 1 rings (SSSR count). The highest BCUT2D eigenvalue weighted by molar-refractivity contribution is 5.98. The lowest BCUT2D eigenvalue weighted by molar-refractivity contribution is 0.0949. The number of hydrogen-bond donors (Lipinski definition) is 2. The molecule has 6 heteroatoms. The first kappa shape index (κ1) is 17.1. The van der Waals surface area contributed by atoms with Gasteiger partial charge >= 0.3 is 0 Å². The smallest absolute Gasteiger partial charge is 0.255 e. The zero-order valence-electron chi connectivity index (χ0n) is 13.1. The van der Waals surface area contributed by atoms with Crippen molar-refractivity contribution >= 4 is 5.91 Å². The second-order valence-corrected chi connectivity index (χ2v) is 4.76. The van der Waals surface area contributed by atoms with E-state index in [1.807, 2.05) is 6.92 Å². The maximum atomic E-state index is 12.2. The van der Waals surface area contributed by atoms with Crippen LogP contribution in [0.1, 0.15) is 30.1 Å². The summed E-state index contributed by atoms with van der Waals surface area (Å²) in [6.07, 6.45) is 1.70. The molecule has 0 aliphatic heterocycles. The van der Waals surface area contributed by atoms with Crippen LogP contribution >= 0.6 is 0 Å². The third kappa shape index (κ3) is 4.53. The molecule has 21 heavy (non-hydrogen) atoms. The lowest BCUT2D eigenvalue weighted by atomic mass is 10.1. The average molecular weight is 296 g/mol. The molecule has 1 amide bonds. The van der Waals surface area contributed by atoms with Crippen LogP contribution in [0.2, 0.25) is 0 Å². The van der Waals surface area contributed by atoms with Crippen molar-refractivity contribution in [2.75, 3.05) is 27.9 Å². The van der Waals surface area contributed by atoms with E-state index in [2.05, 4.69) is 5.32 Å². The van der Waals surface area contributed by atoms with Gasteiger partial charge in [-0.05, 0) is 31.9 Å². The lowest BCUT2D eigenvalue weighted by Gasteiger charge is -2.15. The van der Waals surface area contributed by atoms with E-state index < -0.39 is 0 Å². The summed E-state index contributed by atoms with van der Waals surface area (Å²) in [6.45, 7) is 2.51. The van der Waals surface area contributed by atoms with E-state index in [4.69, 9.17) is 19.9 Å². The first-order valence-corrected chi connectivity index (χ1v) is 6.87. The molecule has 0 saturated heterocycles. The molecule has 1 atom stereocenters. The monoisotopic (exact) mass is 296 g/mol. The summed E-state index contributed by atoms with van der Waals surface area (Å²) in [7, 11) is 4.53. The SMILES string of the molecule is COc1ccc(C(=O)NCCCC(C)N)c(OC)c1OC. The standard InChI is InChI=1S/C15H24N2O4/c1-10(16)6-5-9-17-15(18)11-7-8-12(19-2)14(21-4)13(11)20-3/h7-8,10H,5-6,9,16H2,1-4H3,(H,17,18). The van der Waals surface area contributed by atoms with Gasteiger partial charge in [0.25, 0.3) is 5.91 Å². The van der Waals surface area contributed by atoms with Gasteiger partial charge in [0.15, 0.2) is 11.5 Å². The maximum Gasteiger partial charge on any atom is 0.255 e. The summed E-state index contributed by atoms with van der Waals surface area (Å²) < 4.78 is 15.7. The van der Waals surface area contributed by atoms with Gasteiger partial charge in [0, 0.05) is 12.6 Å². The number of nitrogens with one attached hydrogen (secondary N) is 1. The second-order valence-electron chi connectivity index (χ2n) is 4.76. The van der Waals surface area contributed by atoms with Crippen molar-refractivity contribution < 1.29 is 19.0 Å². The highest BCUT2D eigenvalue weighted by atomic mass is 16.5. The molecule has 0 aromatic heterocycles. The zero-order chi connectivity index (χ0) is 15.8. The van der Waals surface area contributed by atoms with Crippen molar-refractivity contribution in [2.45, 2.75) is 25.8 Å². The van der Waals surface area contributed by atoms with Crippen LogP contribution in [0.3, 0.4) is 0 Å². The summed E-state index contributed by atoms with van der Waals surface area (Å²) in [6, 6.07) is 3.47. The third-order valence-corrected chi connectivity index (χ3v) is 3.07. The van der Waals surface area contributed by atoms with E-state index in [9.17, 15) is 4.79 Å². The molecular weight excluding hydrogens is 272 g/mol. The molecule has 0 fully saturated rings. The van der Waals surface area contributed by atoms with Crippen LogP contribution in [0.15, 0.2) is 12.1 Å². The number of amides is 1. The Morgan fingerprint density at radius 3 is 2.38 bits per heavy atom. The van der Waals surface area contributed by atoms with Crippen LogP contribution in [0.5, 0.6) is 17.2 Å². The number of nitrogens with two attached hydrogens (primary N) is 1. The molecular formula is C15H24N2O4. The van der Waals surface area contributed by atoms with Crippen LogP contribution in [-0.4, -0.2) is 39.8 Å². The van der Waals surface area contributed by atoms with Crippen molar-refractivity contribution in [2.24, 2.45) is 5.73 Å². The Labute approximate surface area is 125 Å². The number of carbonyl (C=O) groups excluding carboxylic acids is 1. The van der Waals surface area contributed by atoms with Crippen molar-refractivity contribution in [3.05, 3.63) is 17.7 Å². The Hall–Kier alpha value is -1.95. The Kier molecular flexibility index (Phi) is 6.81. The van der Waals surface area contributed by atoms with Crippen LogP contribution in [0.25, 0.3) is 0 Å². The summed E-state index contributed by atoms with van der Waals surface area (Å²) >= 11 is 0. The number of ether oxygens (including phenoxy) is 3. The van der Waals surface area contributed by atoms with Gasteiger partial charge in [0.05, 0.1) is 26.9 Å². The molecule has 0 aliphatic carbocycles. The number of rotatable bonds is 8. The van der Waals surface area contributed by atoms with Crippen molar-refractivity contribution in [3.8, 4) is 17.2 Å². The Morgan fingerprint density at radius 1 is 1.19 bits per heavy atom. The average Bonchev–Trinajstić information content (AvgIpc) is 2.49. The summed E-state index contributed by atoms with van der Waals surface area (Å²) in [5, 5.41) is 2.85. The van der Waals surface area contributed by atoms with Crippen LogP contribution in [0, 0.1) is 0 Å². The summed E-state index contributed by atoms with van der Waals surface area (Å²) in [5.41, 5.74) is 6.09. The second kappa shape index (κ2) is 8.36. The van der Waals surface area contributed by atoms with Crippen LogP contribution in [0.4, 0.5) is 0 Å². The van der Waals surface area contributed by atoms with E-state index in [0.717, 1.165) is 12.8 Å². The Balaban J connectivity index is 2.84. The molecule has 1 aromatic carbocycles. The number of benzene rings is 1. The van der Waals surface area contributed by atoms with Gasteiger partial charge in [-0.3, -0.25) is 4.79 Å².